The fourth-order valence-corrected chi connectivity index (χ4v) is 1.59. The molecule has 1 rings (SSSR count). The Bertz CT molecular complexity index is 339. The van der Waals surface area contributed by atoms with Crippen LogP contribution in [0.2, 0.25) is 0 Å². The van der Waals surface area contributed by atoms with E-state index in [4.69, 9.17) is 19.6 Å². The molecule has 0 aliphatic rings. The third kappa shape index (κ3) is 4.41. The number of benzene rings is 1. The summed E-state index contributed by atoms with van der Waals surface area (Å²) in [4.78, 5) is 34.7. The quantitative estimate of drug-likeness (QED) is 0.601. The van der Waals surface area contributed by atoms with Gasteiger partial charge in [0.15, 0.2) is 0 Å². The van der Waals surface area contributed by atoms with Gasteiger partial charge in [-0.15, -0.1) is 0 Å². The molecule has 0 aromatic heterocycles. The minimum atomic E-state index is -2.54. The summed E-state index contributed by atoms with van der Waals surface area (Å²) in [5.74, 6) is 0.278. The molecule has 0 atom stereocenters. The van der Waals surface area contributed by atoms with E-state index >= 15 is 0 Å². The molecule has 1 aromatic rings. The predicted molar refractivity (Wildman–Crippen MR) is 60.5 cm³/mol. The van der Waals surface area contributed by atoms with E-state index in [0.29, 0.717) is 5.56 Å². The molecule has 0 fully saturated rings. The maximum absolute atomic E-state index is 8.68. The Morgan fingerprint density at radius 1 is 0.938 bits per heavy atom. The number of hydrogen-bond acceptors (Lipinski definition) is 6. The van der Waals surface area contributed by atoms with Gasteiger partial charge < -0.3 is 28.6 Å². The van der Waals surface area contributed by atoms with Crippen LogP contribution < -0.4 is 9.05 Å². The van der Waals surface area contributed by atoms with Crippen molar-refractivity contribution < 1.29 is 28.6 Å². The monoisotopic (exact) mass is 264 g/mol. The van der Waals surface area contributed by atoms with Crippen LogP contribution in [-0.2, 0) is 0 Å². The highest BCUT2D eigenvalue weighted by Gasteiger charge is 2.09. The number of rotatable bonds is 5. The van der Waals surface area contributed by atoms with Gasteiger partial charge in [0, 0.05) is 6.07 Å². The fraction of sp³-hybridized carbons (Fsp3) is 0. The Morgan fingerprint density at radius 2 is 1.38 bits per heavy atom. The smallest absolute Gasteiger partial charge is 0.391 e. The van der Waals surface area contributed by atoms with Gasteiger partial charge in [0.05, 0.1) is 0 Å². The zero-order valence-corrected chi connectivity index (χ0v) is 9.81. The van der Waals surface area contributed by atoms with Crippen molar-refractivity contribution in [2.75, 3.05) is 0 Å². The molecular formula is C8H10O6P2. The van der Waals surface area contributed by atoms with Crippen LogP contribution in [-0.4, -0.2) is 19.6 Å². The van der Waals surface area contributed by atoms with Crippen LogP contribution in [0.4, 0.5) is 0 Å². The van der Waals surface area contributed by atoms with Crippen LogP contribution in [0.1, 0.15) is 5.56 Å². The van der Waals surface area contributed by atoms with Crippen molar-refractivity contribution >= 4 is 23.3 Å². The van der Waals surface area contributed by atoms with Gasteiger partial charge >= 0.3 is 17.2 Å². The SMILES string of the molecule is C=Cc1cc(OP(O)O)cc(OP(O)O)c1. The average molecular weight is 264 g/mol. The second-order valence-electron chi connectivity index (χ2n) is 2.63. The molecule has 16 heavy (non-hydrogen) atoms. The van der Waals surface area contributed by atoms with Gasteiger partial charge in [-0.2, -0.15) is 0 Å². The second-order valence-corrected chi connectivity index (χ2v) is 4.01. The van der Waals surface area contributed by atoms with Gasteiger partial charge in [0.1, 0.15) is 11.5 Å². The molecule has 0 aliphatic heterocycles. The van der Waals surface area contributed by atoms with Gasteiger partial charge in [-0.25, -0.2) is 0 Å². The molecule has 1 aromatic carbocycles. The van der Waals surface area contributed by atoms with E-state index in [0.717, 1.165) is 0 Å². The summed E-state index contributed by atoms with van der Waals surface area (Å²) >= 11 is 0. The van der Waals surface area contributed by atoms with E-state index in [-0.39, 0.29) is 11.5 Å². The fourth-order valence-electron chi connectivity index (χ4n) is 1.01. The van der Waals surface area contributed by atoms with E-state index in [1.807, 2.05) is 0 Å². The summed E-state index contributed by atoms with van der Waals surface area (Å²) in [6.45, 7) is 3.52. The Kier molecular flexibility index (Phi) is 5.09. The first-order valence-electron chi connectivity index (χ1n) is 4.00. The zero-order chi connectivity index (χ0) is 12.1. The molecule has 0 aliphatic carbocycles. The summed E-state index contributed by atoms with van der Waals surface area (Å²) in [5, 5.41) is 0. The first-order valence-corrected chi connectivity index (χ1v) is 6.33. The van der Waals surface area contributed by atoms with Crippen molar-refractivity contribution in [2.24, 2.45) is 0 Å². The van der Waals surface area contributed by atoms with Crippen molar-refractivity contribution in [3.63, 3.8) is 0 Å². The summed E-state index contributed by atoms with van der Waals surface area (Å²) in [6, 6.07) is 4.30. The Hall–Kier alpha value is -0.740. The van der Waals surface area contributed by atoms with Crippen LogP contribution in [0.5, 0.6) is 11.5 Å². The molecule has 0 radical (unpaired) electrons. The summed E-state index contributed by atoms with van der Waals surface area (Å²) in [6.07, 6.45) is 1.48. The highest BCUT2D eigenvalue weighted by Crippen LogP contribution is 2.36. The lowest BCUT2D eigenvalue weighted by atomic mass is 10.2. The minimum absolute atomic E-state index is 0.139. The Labute approximate surface area is 94.4 Å². The lowest BCUT2D eigenvalue weighted by molar-refractivity contribution is 0.369. The molecule has 0 spiro atoms. The van der Waals surface area contributed by atoms with Gasteiger partial charge in [0.2, 0.25) is 0 Å². The van der Waals surface area contributed by atoms with Crippen LogP contribution in [0.25, 0.3) is 6.08 Å². The third-order valence-electron chi connectivity index (χ3n) is 1.51. The highest BCUT2D eigenvalue weighted by atomic mass is 31.2. The molecule has 0 bridgehead atoms. The van der Waals surface area contributed by atoms with Crippen molar-refractivity contribution in [3.05, 3.63) is 30.3 Å². The maximum Gasteiger partial charge on any atom is 0.391 e. The van der Waals surface area contributed by atoms with Gasteiger partial charge in [-0.3, -0.25) is 0 Å². The van der Waals surface area contributed by atoms with Crippen LogP contribution in [0, 0.1) is 0 Å². The van der Waals surface area contributed by atoms with Gasteiger partial charge in [-0.05, 0) is 17.7 Å². The van der Waals surface area contributed by atoms with Crippen molar-refractivity contribution in [3.8, 4) is 11.5 Å². The van der Waals surface area contributed by atoms with E-state index in [1.54, 1.807) is 0 Å². The van der Waals surface area contributed by atoms with Crippen LogP contribution in [0.15, 0.2) is 24.8 Å². The van der Waals surface area contributed by atoms with Crippen molar-refractivity contribution in [1.82, 2.24) is 0 Å². The molecule has 0 amide bonds. The average Bonchev–Trinajstić information content (AvgIpc) is 2.14. The van der Waals surface area contributed by atoms with Crippen LogP contribution >= 0.6 is 17.2 Å². The normalized spacial score (nSPS) is 10.6. The first kappa shape index (κ1) is 13.3. The minimum Gasteiger partial charge on any atom is -0.427 e. The second kappa shape index (κ2) is 6.11. The lowest BCUT2D eigenvalue weighted by Crippen LogP contribution is -1.90. The molecular weight excluding hydrogens is 254 g/mol. The van der Waals surface area contributed by atoms with Gasteiger partial charge in [0.25, 0.3) is 0 Å². The summed E-state index contributed by atoms with van der Waals surface area (Å²) in [5.41, 5.74) is 0.584. The predicted octanol–water partition coefficient (Wildman–Crippen LogP) is 1.51. The first-order chi connectivity index (χ1) is 7.51. The molecule has 0 saturated heterocycles. The topological polar surface area (TPSA) is 99.4 Å². The van der Waals surface area contributed by atoms with Gasteiger partial charge in [-0.1, -0.05) is 12.7 Å². The molecule has 4 N–H and O–H groups in total. The zero-order valence-electron chi connectivity index (χ0n) is 8.02. The Morgan fingerprint density at radius 3 is 1.69 bits per heavy atom. The highest BCUT2D eigenvalue weighted by molar-refractivity contribution is 7.40. The Balaban J connectivity index is 2.95. The van der Waals surface area contributed by atoms with E-state index in [9.17, 15) is 0 Å². The maximum atomic E-state index is 8.68. The molecule has 0 unspecified atom stereocenters. The number of hydrogen-bond donors (Lipinski definition) is 4. The van der Waals surface area contributed by atoms with Crippen molar-refractivity contribution in [1.29, 1.82) is 0 Å². The van der Waals surface area contributed by atoms with E-state index < -0.39 is 17.2 Å². The molecule has 0 heterocycles. The molecule has 88 valence electrons. The molecule has 6 nitrogen and oxygen atoms in total. The largest absolute Gasteiger partial charge is 0.427 e. The van der Waals surface area contributed by atoms with E-state index in [2.05, 4.69) is 15.6 Å². The third-order valence-corrected chi connectivity index (χ3v) is 2.26. The molecule has 0 saturated carbocycles. The summed E-state index contributed by atoms with van der Waals surface area (Å²) in [7, 11) is -5.07. The lowest BCUT2D eigenvalue weighted by Gasteiger charge is -2.10. The molecule has 8 heteroatoms. The van der Waals surface area contributed by atoms with E-state index in [1.165, 1.54) is 24.3 Å². The summed E-state index contributed by atoms with van der Waals surface area (Å²) < 4.78 is 9.34. The van der Waals surface area contributed by atoms with Crippen molar-refractivity contribution in [2.45, 2.75) is 0 Å². The standard InChI is InChI=1S/C8H10O6P2/c1-2-6-3-7(13-15(9)10)5-8(4-6)14-16(11)12/h2-5,9-12H,1H2. The van der Waals surface area contributed by atoms with Crippen LogP contribution in [0.3, 0.4) is 0 Å².